The molecule has 1 atom stereocenters. The molecule has 1 aromatic rings. The van der Waals surface area contributed by atoms with Crippen LogP contribution in [-0.2, 0) is 22.8 Å². The summed E-state index contributed by atoms with van der Waals surface area (Å²) < 4.78 is 22.8. The van der Waals surface area contributed by atoms with Crippen LogP contribution in [-0.4, -0.2) is 43.4 Å². The number of urea groups is 1. The van der Waals surface area contributed by atoms with E-state index >= 15 is 0 Å². The Morgan fingerprint density at radius 2 is 2.00 bits per heavy atom. The third-order valence-corrected chi connectivity index (χ3v) is 5.75. The van der Waals surface area contributed by atoms with Crippen molar-refractivity contribution in [2.75, 3.05) is 18.1 Å². The van der Waals surface area contributed by atoms with E-state index in [-0.39, 0.29) is 23.6 Å². The SMILES string of the molecule is O=C(N[C@H]1CCS(=O)(=O)C1)N1CCc2ccccc2C1. The van der Waals surface area contributed by atoms with Crippen LogP contribution in [0.4, 0.5) is 4.79 Å². The molecule has 0 radical (unpaired) electrons. The Labute approximate surface area is 118 Å². The van der Waals surface area contributed by atoms with Gasteiger partial charge >= 0.3 is 6.03 Å². The van der Waals surface area contributed by atoms with Crippen molar-refractivity contribution in [3.8, 4) is 0 Å². The lowest BCUT2D eigenvalue weighted by Crippen LogP contribution is -2.47. The lowest BCUT2D eigenvalue weighted by Gasteiger charge is -2.29. The summed E-state index contributed by atoms with van der Waals surface area (Å²) in [6.07, 6.45) is 1.38. The summed E-state index contributed by atoms with van der Waals surface area (Å²) >= 11 is 0. The Balaban J connectivity index is 1.62. The maximum Gasteiger partial charge on any atom is 0.317 e. The fourth-order valence-electron chi connectivity index (χ4n) is 2.84. The molecule has 3 rings (SSSR count). The van der Waals surface area contributed by atoms with Crippen molar-refractivity contribution in [3.05, 3.63) is 35.4 Å². The van der Waals surface area contributed by atoms with Crippen LogP contribution < -0.4 is 5.32 Å². The first-order valence-corrected chi connectivity index (χ1v) is 8.68. The van der Waals surface area contributed by atoms with E-state index in [0.717, 1.165) is 6.42 Å². The van der Waals surface area contributed by atoms with Gasteiger partial charge in [-0.2, -0.15) is 0 Å². The number of nitrogens with one attached hydrogen (secondary N) is 1. The van der Waals surface area contributed by atoms with E-state index < -0.39 is 9.84 Å². The molecule has 1 aromatic carbocycles. The van der Waals surface area contributed by atoms with Gasteiger partial charge in [-0.25, -0.2) is 13.2 Å². The Morgan fingerprint density at radius 3 is 2.70 bits per heavy atom. The molecule has 2 aliphatic rings. The minimum absolute atomic E-state index is 0.0726. The van der Waals surface area contributed by atoms with E-state index in [0.29, 0.717) is 19.5 Å². The number of hydrogen-bond donors (Lipinski definition) is 1. The second kappa shape index (κ2) is 5.09. The molecule has 0 unspecified atom stereocenters. The Morgan fingerprint density at radius 1 is 1.25 bits per heavy atom. The van der Waals surface area contributed by atoms with Crippen molar-refractivity contribution in [2.24, 2.45) is 0 Å². The van der Waals surface area contributed by atoms with Crippen LogP contribution in [0, 0.1) is 0 Å². The molecule has 6 heteroatoms. The molecule has 1 saturated heterocycles. The molecule has 2 heterocycles. The molecule has 2 aliphatic heterocycles. The van der Waals surface area contributed by atoms with Crippen LogP contribution in [0.15, 0.2) is 24.3 Å². The van der Waals surface area contributed by atoms with Gasteiger partial charge in [0.25, 0.3) is 0 Å². The number of benzene rings is 1. The zero-order valence-electron chi connectivity index (χ0n) is 11.2. The van der Waals surface area contributed by atoms with Crippen molar-refractivity contribution >= 4 is 15.9 Å². The summed E-state index contributed by atoms with van der Waals surface area (Å²) in [5.41, 5.74) is 2.47. The van der Waals surface area contributed by atoms with E-state index in [1.165, 1.54) is 11.1 Å². The standard InChI is InChI=1S/C14H18N2O3S/c17-14(15-13-6-8-20(18,19)10-13)16-7-5-11-3-1-2-4-12(11)9-16/h1-4,13H,5-10H2,(H,15,17)/t13-/m0/s1. The lowest BCUT2D eigenvalue weighted by atomic mass is 10.0. The van der Waals surface area contributed by atoms with Crippen molar-refractivity contribution < 1.29 is 13.2 Å². The molecule has 108 valence electrons. The number of carbonyl (C=O) groups is 1. The normalized spacial score (nSPS) is 24.2. The first-order chi connectivity index (χ1) is 9.53. The fraction of sp³-hybridized carbons (Fsp3) is 0.500. The predicted molar refractivity (Wildman–Crippen MR) is 76.1 cm³/mol. The molecule has 1 fully saturated rings. The molecular formula is C14H18N2O3S. The Kier molecular flexibility index (Phi) is 3.41. The molecule has 1 N–H and O–H groups in total. The zero-order valence-corrected chi connectivity index (χ0v) is 12.0. The first-order valence-electron chi connectivity index (χ1n) is 6.86. The summed E-state index contributed by atoms with van der Waals surface area (Å²) in [6.45, 7) is 1.28. The highest BCUT2D eigenvalue weighted by Crippen LogP contribution is 2.19. The average molecular weight is 294 g/mol. The van der Waals surface area contributed by atoms with Crippen molar-refractivity contribution in [1.82, 2.24) is 10.2 Å². The van der Waals surface area contributed by atoms with Crippen LogP contribution in [0.25, 0.3) is 0 Å². The quantitative estimate of drug-likeness (QED) is 0.838. The highest BCUT2D eigenvalue weighted by Gasteiger charge is 2.30. The summed E-state index contributed by atoms with van der Waals surface area (Å²) in [5, 5.41) is 2.84. The Hall–Kier alpha value is -1.56. The molecule has 2 amide bonds. The number of carbonyl (C=O) groups excluding carboxylic acids is 1. The second-order valence-electron chi connectivity index (χ2n) is 5.49. The number of rotatable bonds is 1. The van der Waals surface area contributed by atoms with E-state index in [1.807, 2.05) is 18.2 Å². The van der Waals surface area contributed by atoms with Gasteiger partial charge in [-0.3, -0.25) is 0 Å². The van der Waals surface area contributed by atoms with Crippen molar-refractivity contribution in [1.29, 1.82) is 0 Å². The van der Waals surface area contributed by atoms with Crippen LogP contribution in [0.2, 0.25) is 0 Å². The molecule has 0 bridgehead atoms. The topological polar surface area (TPSA) is 66.5 Å². The smallest absolute Gasteiger partial charge is 0.317 e. The summed E-state index contributed by atoms with van der Waals surface area (Å²) in [4.78, 5) is 14.0. The summed E-state index contributed by atoms with van der Waals surface area (Å²) in [7, 11) is -2.95. The minimum Gasteiger partial charge on any atom is -0.334 e. The van der Waals surface area contributed by atoms with Crippen molar-refractivity contribution in [2.45, 2.75) is 25.4 Å². The minimum atomic E-state index is -2.95. The maximum absolute atomic E-state index is 12.2. The van der Waals surface area contributed by atoms with Crippen LogP contribution >= 0.6 is 0 Å². The van der Waals surface area contributed by atoms with Gasteiger partial charge in [0.2, 0.25) is 0 Å². The average Bonchev–Trinajstić information content (AvgIpc) is 2.77. The number of sulfone groups is 1. The van der Waals surface area contributed by atoms with Gasteiger partial charge in [0.1, 0.15) is 0 Å². The van der Waals surface area contributed by atoms with Crippen LogP contribution in [0.1, 0.15) is 17.5 Å². The molecular weight excluding hydrogens is 276 g/mol. The lowest BCUT2D eigenvalue weighted by molar-refractivity contribution is 0.189. The molecule has 0 aromatic heterocycles. The van der Waals surface area contributed by atoms with Gasteiger partial charge in [0, 0.05) is 19.1 Å². The fourth-order valence-corrected chi connectivity index (χ4v) is 4.52. The second-order valence-corrected chi connectivity index (χ2v) is 7.72. The van der Waals surface area contributed by atoms with E-state index in [9.17, 15) is 13.2 Å². The van der Waals surface area contributed by atoms with Crippen LogP contribution in [0.5, 0.6) is 0 Å². The monoisotopic (exact) mass is 294 g/mol. The number of amides is 2. The predicted octanol–water partition coefficient (Wildman–Crippen LogP) is 0.941. The maximum atomic E-state index is 12.2. The molecule has 0 saturated carbocycles. The van der Waals surface area contributed by atoms with E-state index in [4.69, 9.17) is 0 Å². The Bertz CT molecular complexity index is 627. The van der Waals surface area contributed by atoms with Gasteiger partial charge in [-0.1, -0.05) is 24.3 Å². The highest BCUT2D eigenvalue weighted by molar-refractivity contribution is 7.91. The van der Waals surface area contributed by atoms with Crippen LogP contribution in [0.3, 0.4) is 0 Å². The third kappa shape index (κ3) is 2.80. The molecule has 0 aliphatic carbocycles. The van der Waals surface area contributed by atoms with Gasteiger partial charge in [0.15, 0.2) is 9.84 Å². The van der Waals surface area contributed by atoms with Gasteiger partial charge in [0.05, 0.1) is 11.5 Å². The molecule has 5 nitrogen and oxygen atoms in total. The van der Waals surface area contributed by atoms with Gasteiger partial charge < -0.3 is 10.2 Å². The van der Waals surface area contributed by atoms with E-state index in [2.05, 4.69) is 11.4 Å². The summed E-state index contributed by atoms with van der Waals surface area (Å²) in [5.74, 6) is 0.254. The largest absolute Gasteiger partial charge is 0.334 e. The highest BCUT2D eigenvalue weighted by atomic mass is 32.2. The summed E-state index contributed by atoms with van der Waals surface area (Å²) in [6, 6.07) is 7.73. The number of hydrogen-bond acceptors (Lipinski definition) is 3. The number of fused-ring (bicyclic) bond motifs is 1. The first kappa shape index (κ1) is 13.4. The molecule has 20 heavy (non-hydrogen) atoms. The molecule has 0 spiro atoms. The number of nitrogens with zero attached hydrogens (tertiary/aromatic N) is 1. The van der Waals surface area contributed by atoms with E-state index in [1.54, 1.807) is 4.90 Å². The van der Waals surface area contributed by atoms with Gasteiger partial charge in [-0.15, -0.1) is 0 Å². The van der Waals surface area contributed by atoms with Crippen molar-refractivity contribution in [3.63, 3.8) is 0 Å². The van der Waals surface area contributed by atoms with Gasteiger partial charge in [-0.05, 0) is 24.0 Å². The third-order valence-electron chi connectivity index (χ3n) is 3.98. The zero-order chi connectivity index (χ0) is 14.2.